The Morgan fingerprint density at radius 3 is 2.88 bits per heavy atom. The summed E-state index contributed by atoms with van der Waals surface area (Å²) in [6.45, 7) is 2.80. The number of aryl methyl sites for hydroxylation is 1. The van der Waals surface area contributed by atoms with Crippen LogP contribution in [0.5, 0.6) is 0 Å². The van der Waals surface area contributed by atoms with Gasteiger partial charge in [-0.1, -0.05) is 6.07 Å². The zero-order valence-electron chi connectivity index (χ0n) is 14.3. The minimum Gasteiger partial charge on any atom is -0.469 e. The topological polar surface area (TPSA) is 54.5 Å². The van der Waals surface area contributed by atoms with Crippen molar-refractivity contribution in [3.8, 4) is 0 Å². The number of hydrogen-bond acceptors (Lipinski definition) is 5. The Balaban J connectivity index is 1.85. The molecule has 7 heteroatoms. The van der Waals surface area contributed by atoms with Crippen molar-refractivity contribution in [2.45, 2.75) is 31.8 Å². The molecule has 0 saturated carbocycles. The lowest BCUT2D eigenvalue weighted by atomic mass is 10.0. The van der Waals surface area contributed by atoms with Gasteiger partial charge < -0.3 is 15.0 Å². The largest absolute Gasteiger partial charge is 0.469 e. The number of aromatic nitrogens is 1. The Hall–Kier alpha value is -1.99. The second-order valence-electron chi connectivity index (χ2n) is 5.95. The van der Waals surface area contributed by atoms with E-state index in [1.807, 2.05) is 18.2 Å². The minimum atomic E-state index is -0.192. The molecule has 5 nitrogen and oxygen atoms in total. The number of pyridine rings is 1. The number of methoxy groups -OCH3 is 1. The van der Waals surface area contributed by atoms with Gasteiger partial charge >= 0.3 is 5.97 Å². The number of carbonyl (C=O) groups is 1. The molecule has 2 atom stereocenters. The number of carbonyl (C=O) groups excluding carboxylic acids is 1. The molecule has 1 aliphatic rings. The Labute approximate surface area is 157 Å². The van der Waals surface area contributed by atoms with Gasteiger partial charge in [0.2, 0.25) is 0 Å². The number of esters is 1. The molecule has 0 amide bonds. The van der Waals surface area contributed by atoms with Crippen LogP contribution in [-0.4, -0.2) is 34.6 Å². The molecule has 2 aromatic rings. The molecule has 3 rings (SSSR count). The third-order valence-electron chi connectivity index (χ3n) is 4.26. The smallest absolute Gasteiger partial charge is 0.305 e. The van der Waals surface area contributed by atoms with E-state index in [0.717, 1.165) is 5.69 Å². The predicted octanol–water partition coefficient (Wildman–Crippen LogP) is 3.38. The molecule has 0 aliphatic carbocycles. The van der Waals surface area contributed by atoms with Crippen LogP contribution in [0.3, 0.4) is 0 Å². The van der Waals surface area contributed by atoms with Gasteiger partial charge in [-0.2, -0.15) is 0 Å². The zero-order valence-corrected chi connectivity index (χ0v) is 15.9. The van der Waals surface area contributed by atoms with Gasteiger partial charge in [-0.3, -0.25) is 9.78 Å². The average molecular weight is 376 g/mol. The lowest BCUT2D eigenvalue weighted by molar-refractivity contribution is -0.140. The molecule has 2 aromatic heterocycles. The Morgan fingerprint density at radius 2 is 2.24 bits per heavy atom. The van der Waals surface area contributed by atoms with Crippen LogP contribution >= 0.6 is 23.6 Å². The van der Waals surface area contributed by atoms with Crippen molar-refractivity contribution in [3.05, 3.63) is 52.0 Å². The fourth-order valence-corrected chi connectivity index (χ4v) is 4.42. The molecule has 1 aliphatic heterocycles. The van der Waals surface area contributed by atoms with E-state index >= 15 is 0 Å². The van der Waals surface area contributed by atoms with Crippen LogP contribution in [0.4, 0.5) is 0 Å². The van der Waals surface area contributed by atoms with Crippen molar-refractivity contribution in [1.82, 2.24) is 15.2 Å². The van der Waals surface area contributed by atoms with Gasteiger partial charge in [0.25, 0.3) is 0 Å². The van der Waals surface area contributed by atoms with Gasteiger partial charge in [0.1, 0.15) is 0 Å². The monoisotopic (exact) mass is 375 g/mol. The Morgan fingerprint density at radius 1 is 1.40 bits per heavy atom. The van der Waals surface area contributed by atoms with E-state index in [2.05, 4.69) is 34.3 Å². The molecule has 1 fully saturated rings. The van der Waals surface area contributed by atoms with Gasteiger partial charge in [-0.25, -0.2) is 0 Å². The maximum Gasteiger partial charge on any atom is 0.305 e. The van der Waals surface area contributed by atoms with Crippen molar-refractivity contribution in [3.63, 3.8) is 0 Å². The van der Waals surface area contributed by atoms with Gasteiger partial charge in [-0.15, -0.1) is 11.3 Å². The highest BCUT2D eigenvalue weighted by Crippen LogP contribution is 2.41. The summed E-state index contributed by atoms with van der Waals surface area (Å²) in [7, 11) is 1.42. The van der Waals surface area contributed by atoms with Crippen molar-refractivity contribution < 1.29 is 9.53 Å². The summed E-state index contributed by atoms with van der Waals surface area (Å²) in [5.41, 5.74) is 0.969. The van der Waals surface area contributed by atoms with Crippen LogP contribution in [0, 0.1) is 6.92 Å². The molecular weight excluding hydrogens is 354 g/mol. The van der Waals surface area contributed by atoms with Gasteiger partial charge in [-0.05, 0) is 49.8 Å². The number of ether oxygens (including phenoxy) is 1. The molecule has 132 valence electrons. The number of thiophene rings is 1. The van der Waals surface area contributed by atoms with Crippen LogP contribution in [0.1, 0.15) is 40.4 Å². The lowest BCUT2D eigenvalue weighted by Crippen LogP contribution is -2.30. The third-order valence-corrected chi connectivity index (χ3v) is 5.68. The summed E-state index contributed by atoms with van der Waals surface area (Å²) < 4.78 is 4.73. The molecule has 0 unspecified atom stereocenters. The summed E-state index contributed by atoms with van der Waals surface area (Å²) >= 11 is 7.36. The van der Waals surface area contributed by atoms with E-state index in [1.165, 1.54) is 16.9 Å². The summed E-state index contributed by atoms with van der Waals surface area (Å²) in [6, 6.07) is 10.3. The van der Waals surface area contributed by atoms with Gasteiger partial charge in [0.05, 0.1) is 24.9 Å². The minimum absolute atomic E-state index is 0.00452. The molecule has 3 heterocycles. The van der Waals surface area contributed by atoms with Crippen LogP contribution in [0.2, 0.25) is 0 Å². The number of rotatable bonds is 6. The van der Waals surface area contributed by atoms with Crippen LogP contribution in [0.25, 0.3) is 0 Å². The fraction of sp³-hybridized carbons (Fsp3) is 0.389. The molecule has 1 N–H and O–H groups in total. The first-order valence-electron chi connectivity index (χ1n) is 8.21. The number of hydrogen-bond donors (Lipinski definition) is 1. The van der Waals surface area contributed by atoms with Gasteiger partial charge in [0.15, 0.2) is 5.11 Å². The van der Waals surface area contributed by atoms with Crippen molar-refractivity contribution in [1.29, 1.82) is 0 Å². The quantitative estimate of drug-likeness (QED) is 0.617. The maximum atomic E-state index is 11.4. The van der Waals surface area contributed by atoms with Crippen LogP contribution in [0.15, 0.2) is 36.5 Å². The summed E-state index contributed by atoms with van der Waals surface area (Å²) in [4.78, 5) is 20.6. The summed E-state index contributed by atoms with van der Waals surface area (Å²) in [5, 5.41) is 4.12. The molecule has 0 bridgehead atoms. The summed E-state index contributed by atoms with van der Waals surface area (Å²) in [6.07, 6.45) is 2.89. The van der Waals surface area contributed by atoms with Crippen molar-refractivity contribution in [2.75, 3.05) is 13.7 Å². The standard InChI is InChI=1S/C18H21N3O2S2/c1-12-8-9-14(25-12)17-16(13-6-3-4-10-19-13)20-18(24)21(17)11-5-7-15(22)23-2/h3-4,6,8-10,16-17H,5,7,11H2,1-2H3,(H,20,24)/t16-,17-/m0/s1. The van der Waals surface area contributed by atoms with E-state index in [0.29, 0.717) is 24.5 Å². The predicted molar refractivity (Wildman–Crippen MR) is 102 cm³/mol. The molecule has 25 heavy (non-hydrogen) atoms. The van der Waals surface area contributed by atoms with E-state index < -0.39 is 0 Å². The Kier molecular flexibility index (Phi) is 5.65. The molecule has 0 spiro atoms. The normalized spacial score (nSPS) is 19.8. The van der Waals surface area contributed by atoms with Crippen LogP contribution in [-0.2, 0) is 9.53 Å². The number of thiocarbonyl (C=S) groups is 1. The molecule has 1 saturated heterocycles. The number of nitrogens with one attached hydrogen (secondary N) is 1. The highest BCUT2D eigenvalue weighted by molar-refractivity contribution is 7.80. The van der Waals surface area contributed by atoms with E-state index in [1.54, 1.807) is 17.5 Å². The zero-order chi connectivity index (χ0) is 17.8. The molecule has 0 radical (unpaired) electrons. The maximum absolute atomic E-state index is 11.4. The first-order chi connectivity index (χ1) is 12.1. The number of nitrogens with zero attached hydrogens (tertiary/aromatic N) is 2. The Bertz CT molecular complexity index is 748. The first kappa shape index (κ1) is 17.8. The van der Waals surface area contributed by atoms with E-state index in [-0.39, 0.29) is 18.1 Å². The van der Waals surface area contributed by atoms with Crippen molar-refractivity contribution in [2.24, 2.45) is 0 Å². The van der Waals surface area contributed by atoms with E-state index in [9.17, 15) is 4.79 Å². The average Bonchev–Trinajstić information content (AvgIpc) is 3.19. The first-order valence-corrected chi connectivity index (χ1v) is 9.44. The highest BCUT2D eigenvalue weighted by atomic mass is 32.1. The second kappa shape index (κ2) is 7.93. The fourth-order valence-electron chi connectivity index (χ4n) is 3.06. The highest BCUT2D eigenvalue weighted by Gasteiger charge is 2.40. The van der Waals surface area contributed by atoms with E-state index in [4.69, 9.17) is 17.0 Å². The van der Waals surface area contributed by atoms with Gasteiger partial charge in [0, 0.05) is 28.9 Å². The SMILES string of the molecule is COC(=O)CCCN1C(=S)N[C@@H](c2ccccn2)[C@@H]1c1ccc(C)s1. The molecule has 0 aromatic carbocycles. The van der Waals surface area contributed by atoms with Crippen LogP contribution < -0.4 is 5.32 Å². The lowest BCUT2D eigenvalue weighted by Gasteiger charge is -2.26. The molecular formula is C18H21N3O2S2. The second-order valence-corrected chi connectivity index (χ2v) is 7.65. The summed E-state index contributed by atoms with van der Waals surface area (Å²) in [5.74, 6) is -0.192. The third kappa shape index (κ3) is 3.99. The van der Waals surface area contributed by atoms with Crippen molar-refractivity contribution >= 4 is 34.6 Å².